The molecular formula is C15H21N5O. The molecule has 0 aliphatic rings. The van der Waals surface area contributed by atoms with Gasteiger partial charge in [0.25, 0.3) is 0 Å². The van der Waals surface area contributed by atoms with Crippen molar-refractivity contribution in [2.45, 2.75) is 19.9 Å². The lowest BCUT2D eigenvalue weighted by Gasteiger charge is -2.07. The molecule has 6 heteroatoms. The van der Waals surface area contributed by atoms with E-state index in [-0.39, 0.29) is 0 Å². The van der Waals surface area contributed by atoms with Crippen LogP contribution in [0, 0.1) is 0 Å². The van der Waals surface area contributed by atoms with Crippen molar-refractivity contribution in [2.75, 3.05) is 25.0 Å². The largest absolute Gasteiger partial charge is 0.476 e. The van der Waals surface area contributed by atoms with Crippen molar-refractivity contribution >= 4 is 5.95 Å². The number of hydrogen-bond acceptors (Lipinski definition) is 6. The molecule has 2 heterocycles. The third kappa shape index (κ3) is 5.74. The van der Waals surface area contributed by atoms with Gasteiger partial charge in [-0.25, -0.2) is 15.0 Å². The van der Waals surface area contributed by atoms with E-state index in [4.69, 9.17) is 4.74 Å². The lowest BCUT2D eigenvalue weighted by Crippen LogP contribution is -2.21. The number of nitrogens with zero attached hydrogens (tertiary/aromatic N) is 3. The van der Waals surface area contributed by atoms with Gasteiger partial charge < -0.3 is 15.4 Å². The van der Waals surface area contributed by atoms with Gasteiger partial charge in [0.05, 0.1) is 0 Å². The van der Waals surface area contributed by atoms with Crippen LogP contribution in [-0.4, -0.2) is 34.6 Å². The summed E-state index contributed by atoms with van der Waals surface area (Å²) in [5, 5.41) is 6.43. The third-order valence-corrected chi connectivity index (χ3v) is 2.73. The molecule has 0 amide bonds. The second kappa shape index (κ2) is 8.86. The fourth-order valence-electron chi connectivity index (χ4n) is 1.67. The van der Waals surface area contributed by atoms with Gasteiger partial charge in [-0.1, -0.05) is 13.0 Å². The lowest BCUT2D eigenvalue weighted by molar-refractivity contribution is 0.302. The first-order valence-electron chi connectivity index (χ1n) is 7.18. The fourth-order valence-corrected chi connectivity index (χ4v) is 1.67. The van der Waals surface area contributed by atoms with E-state index in [9.17, 15) is 0 Å². The summed E-state index contributed by atoms with van der Waals surface area (Å²) in [7, 11) is 0. The van der Waals surface area contributed by atoms with Crippen molar-refractivity contribution < 1.29 is 4.74 Å². The van der Waals surface area contributed by atoms with Crippen LogP contribution >= 0.6 is 0 Å². The number of pyridine rings is 1. The summed E-state index contributed by atoms with van der Waals surface area (Å²) in [5.41, 5.74) is 1.05. The van der Waals surface area contributed by atoms with E-state index in [1.165, 1.54) is 0 Å². The number of ether oxygens (including phenoxy) is 1. The van der Waals surface area contributed by atoms with Crippen LogP contribution in [0.4, 0.5) is 5.95 Å². The average molecular weight is 287 g/mol. The first-order chi connectivity index (χ1) is 10.4. The summed E-state index contributed by atoms with van der Waals surface area (Å²) in [6, 6.07) is 5.61. The van der Waals surface area contributed by atoms with Gasteiger partial charge in [0.15, 0.2) is 0 Å². The van der Waals surface area contributed by atoms with Gasteiger partial charge in [-0.15, -0.1) is 0 Å². The van der Waals surface area contributed by atoms with E-state index in [0.717, 1.165) is 31.6 Å². The standard InChI is InChI=1S/C15H21N5O/c1-2-6-18-15-19-11-13(12-20-15)10-16-8-9-21-14-5-3-4-7-17-14/h3-5,7,11-12,16H,2,6,8-10H2,1H3,(H,18,19,20). The van der Waals surface area contributed by atoms with Crippen LogP contribution in [0.3, 0.4) is 0 Å². The number of aromatic nitrogens is 3. The lowest BCUT2D eigenvalue weighted by atomic mass is 10.3. The van der Waals surface area contributed by atoms with E-state index in [1.807, 2.05) is 30.6 Å². The van der Waals surface area contributed by atoms with E-state index >= 15 is 0 Å². The van der Waals surface area contributed by atoms with Crippen LogP contribution in [0.1, 0.15) is 18.9 Å². The zero-order valence-electron chi connectivity index (χ0n) is 12.2. The number of rotatable bonds is 9. The van der Waals surface area contributed by atoms with Gasteiger partial charge in [-0.05, 0) is 12.5 Å². The van der Waals surface area contributed by atoms with Crippen molar-refractivity contribution in [3.8, 4) is 5.88 Å². The van der Waals surface area contributed by atoms with E-state index < -0.39 is 0 Å². The highest BCUT2D eigenvalue weighted by Crippen LogP contribution is 2.02. The Morgan fingerprint density at radius 2 is 1.95 bits per heavy atom. The minimum Gasteiger partial charge on any atom is -0.476 e. The second-order valence-corrected chi connectivity index (χ2v) is 4.53. The molecule has 0 unspecified atom stereocenters. The molecule has 0 saturated heterocycles. The predicted octanol–water partition coefficient (Wildman–Crippen LogP) is 1.86. The highest BCUT2D eigenvalue weighted by molar-refractivity contribution is 5.24. The number of nitrogens with one attached hydrogen (secondary N) is 2. The molecule has 0 fully saturated rings. The maximum atomic E-state index is 5.49. The van der Waals surface area contributed by atoms with E-state index in [0.29, 0.717) is 18.4 Å². The predicted molar refractivity (Wildman–Crippen MR) is 82.3 cm³/mol. The molecule has 0 radical (unpaired) electrons. The highest BCUT2D eigenvalue weighted by Gasteiger charge is 1.97. The molecular weight excluding hydrogens is 266 g/mol. The Morgan fingerprint density at radius 3 is 2.67 bits per heavy atom. The van der Waals surface area contributed by atoms with Gasteiger partial charge in [0.1, 0.15) is 6.61 Å². The molecule has 0 bridgehead atoms. The molecule has 0 aliphatic heterocycles. The normalized spacial score (nSPS) is 10.3. The maximum Gasteiger partial charge on any atom is 0.222 e. The molecule has 2 rings (SSSR count). The Labute approximate surface area is 125 Å². The summed E-state index contributed by atoms with van der Waals surface area (Å²) < 4.78 is 5.49. The molecule has 2 aromatic heterocycles. The van der Waals surface area contributed by atoms with Gasteiger partial charge in [-0.2, -0.15) is 0 Å². The van der Waals surface area contributed by atoms with Crippen LogP contribution < -0.4 is 15.4 Å². The van der Waals surface area contributed by atoms with Crippen LogP contribution in [0.15, 0.2) is 36.8 Å². The van der Waals surface area contributed by atoms with E-state index in [1.54, 1.807) is 6.20 Å². The van der Waals surface area contributed by atoms with Crippen molar-refractivity contribution in [1.82, 2.24) is 20.3 Å². The average Bonchev–Trinajstić information content (AvgIpc) is 2.55. The quantitative estimate of drug-likeness (QED) is 0.686. The van der Waals surface area contributed by atoms with Crippen molar-refractivity contribution in [2.24, 2.45) is 0 Å². The Balaban J connectivity index is 1.62. The van der Waals surface area contributed by atoms with Crippen molar-refractivity contribution in [3.05, 3.63) is 42.4 Å². The van der Waals surface area contributed by atoms with Crippen LogP contribution in [0.25, 0.3) is 0 Å². The molecule has 0 aliphatic carbocycles. The van der Waals surface area contributed by atoms with Gasteiger partial charge in [0, 0.05) is 49.9 Å². The third-order valence-electron chi connectivity index (χ3n) is 2.73. The van der Waals surface area contributed by atoms with Crippen LogP contribution in [0.5, 0.6) is 5.88 Å². The monoisotopic (exact) mass is 287 g/mol. The molecule has 0 spiro atoms. The van der Waals surface area contributed by atoms with Crippen LogP contribution in [0.2, 0.25) is 0 Å². The van der Waals surface area contributed by atoms with Crippen molar-refractivity contribution in [3.63, 3.8) is 0 Å². The first-order valence-corrected chi connectivity index (χ1v) is 7.18. The first kappa shape index (κ1) is 15.2. The maximum absolute atomic E-state index is 5.49. The molecule has 0 aromatic carbocycles. The Morgan fingerprint density at radius 1 is 1.10 bits per heavy atom. The fraction of sp³-hybridized carbons (Fsp3) is 0.400. The molecule has 2 N–H and O–H groups in total. The minimum absolute atomic E-state index is 0.577. The van der Waals surface area contributed by atoms with E-state index in [2.05, 4.69) is 32.5 Å². The SMILES string of the molecule is CCCNc1ncc(CNCCOc2ccccn2)cn1. The Bertz CT molecular complexity index is 503. The second-order valence-electron chi connectivity index (χ2n) is 4.53. The summed E-state index contributed by atoms with van der Waals surface area (Å²) >= 11 is 0. The molecule has 2 aromatic rings. The highest BCUT2D eigenvalue weighted by atomic mass is 16.5. The van der Waals surface area contributed by atoms with Gasteiger partial charge in [-0.3, -0.25) is 0 Å². The minimum atomic E-state index is 0.577. The van der Waals surface area contributed by atoms with Gasteiger partial charge >= 0.3 is 0 Å². The molecule has 21 heavy (non-hydrogen) atoms. The Hall–Kier alpha value is -2.21. The summed E-state index contributed by atoms with van der Waals surface area (Å²) in [5.74, 6) is 1.33. The smallest absolute Gasteiger partial charge is 0.222 e. The zero-order chi connectivity index (χ0) is 14.8. The Kier molecular flexibility index (Phi) is 6.41. The zero-order valence-corrected chi connectivity index (χ0v) is 12.2. The number of anilines is 1. The molecule has 0 saturated carbocycles. The topological polar surface area (TPSA) is 72.0 Å². The molecule has 112 valence electrons. The van der Waals surface area contributed by atoms with Crippen LogP contribution in [-0.2, 0) is 6.54 Å². The summed E-state index contributed by atoms with van der Waals surface area (Å²) in [6.07, 6.45) is 6.44. The molecule has 0 atom stereocenters. The number of hydrogen-bond donors (Lipinski definition) is 2. The summed E-state index contributed by atoms with van der Waals surface area (Å²) in [4.78, 5) is 12.6. The molecule has 6 nitrogen and oxygen atoms in total. The van der Waals surface area contributed by atoms with Gasteiger partial charge in [0.2, 0.25) is 11.8 Å². The van der Waals surface area contributed by atoms with Crippen molar-refractivity contribution in [1.29, 1.82) is 0 Å². The summed E-state index contributed by atoms with van der Waals surface area (Å²) in [6.45, 7) is 5.04.